The van der Waals surface area contributed by atoms with Crippen LogP contribution in [-0.4, -0.2) is 61.1 Å². The van der Waals surface area contributed by atoms with Gasteiger partial charge in [0.2, 0.25) is 5.91 Å². The molecule has 0 spiro atoms. The summed E-state index contributed by atoms with van der Waals surface area (Å²) in [4.78, 5) is 17.2. The highest BCUT2D eigenvalue weighted by atomic mass is 16.5. The van der Waals surface area contributed by atoms with Crippen LogP contribution in [0.5, 0.6) is 0 Å². The van der Waals surface area contributed by atoms with Crippen LogP contribution in [0, 0.1) is 5.41 Å². The van der Waals surface area contributed by atoms with E-state index >= 15 is 0 Å². The summed E-state index contributed by atoms with van der Waals surface area (Å²) in [6.45, 7) is 12.1. The van der Waals surface area contributed by atoms with Gasteiger partial charge >= 0.3 is 0 Å². The normalized spacial score (nSPS) is 25.8. The number of rotatable bonds is 3. The number of morpholine rings is 1. The molecule has 116 valence electrons. The van der Waals surface area contributed by atoms with Gasteiger partial charge in [0.15, 0.2) is 0 Å². The van der Waals surface area contributed by atoms with Crippen LogP contribution in [0.4, 0.5) is 0 Å². The van der Waals surface area contributed by atoms with Crippen LogP contribution < -0.4 is 0 Å². The topological polar surface area (TPSA) is 32.8 Å². The van der Waals surface area contributed by atoms with Gasteiger partial charge in [0.25, 0.3) is 0 Å². The molecule has 2 heterocycles. The highest BCUT2D eigenvalue weighted by Gasteiger charge is 2.30. The van der Waals surface area contributed by atoms with Crippen LogP contribution in [0.25, 0.3) is 0 Å². The lowest BCUT2D eigenvalue weighted by Crippen LogP contribution is -2.51. The standard InChI is InChI=1S/C16H30N2O2/c1-16(2,3)12-15(19)18-7-5-4-6-14(18)13-17-8-10-20-11-9-17/h14H,4-13H2,1-3H3/t14-/m1/s1. The summed E-state index contributed by atoms with van der Waals surface area (Å²) in [5, 5.41) is 0. The SMILES string of the molecule is CC(C)(C)CC(=O)N1CCCC[C@@H]1CN1CCOCC1. The van der Waals surface area contributed by atoms with E-state index in [4.69, 9.17) is 4.74 Å². The van der Waals surface area contributed by atoms with Gasteiger partial charge in [0.1, 0.15) is 0 Å². The largest absolute Gasteiger partial charge is 0.379 e. The van der Waals surface area contributed by atoms with Gasteiger partial charge in [0.05, 0.1) is 13.2 Å². The summed E-state index contributed by atoms with van der Waals surface area (Å²) < 4.78 is 5.41. The molecule has 1 atom stereocenters. The summed E-state index contributed by atoms with van der Waals surface area (Å²) in [6.07, 6.45) is 4.24. The zero-order valence-electron chi connectivity index (χ0n) is 13.4. The van der Waals surface area contributed by atoms with Crippen molar-refractivity contribution in [1.29, 1.82) is 0 Å². The number of carbonyl (C=O) groups excluding carboxylic acids is 1. The van der Waals surface area contributed by atoms with Gasteiger partial charge in [-0.1, -0.05) is 20.8 Å². The van der Waals surface area contributed by atoms with Crippen molar-refractivity contribution >= 4 is 5.91 Å². The van der Waals surface area contributed by atoms with Gasteiger partial charge in [-0.25, -0.2) is 0 Å². The molecule has 0 N–H and O–H groups in total. The molecule has 1 amide bonds. The van der Waals surface area contributed by atoms with Crippen LogP contribution in [-0.2, 0) is 9.53 Å². The fourth-order valence-corrected chi connectivity index (χ4v) is 3.16. The van der Waals surface area contributed by atoms with Crippen molar-refractivity contribution < 1.29 is 9.53 Å². The smallest absolute Gasteiger partial charge is 0.223 e. The van der Waals surface area contributed by atoms with E-state index in [2.05, 4.69) is 30.6 Å². The molecule has 0 aromatic rings. The van der Waals surface area contributed by atoms with Crippen molar-refractivity contribution in [2.75, 3.05) is 39.4 Å². The lowest BCUT2D eigenvalue weighted by molar-refractivity contribution is -0.137. The second-order valence-corrected chi connectivity index (χ2v) is 7.39. The van der Waals surface area contributed by atoms with E-state index in [0.717, 1.165) is 52.2 Å². The monoisotopic (exact) mass is 282 g/mol. The number of piperidine rings is 1. The third-order valence-electron chi connectivity index (χ3n) is 4.20. The molecule has 0 bridgehead atoms. The molecule has 0 aliphatic carbocycles. The van der Waals surface area contributed by atoms with E-state index in [9.17, 15) is 4.79 Å². The summed E-state index contributed by atoms with van der Waals surface area (Å²) in [5.41, 5.74) is 0.0814. The number of carbonyl (C=O) groups is 1. The van der Waals surface area contributed by atoms with E-state index in [-0.39, 0.29) is 5.41 Å². The van der Waals surface area contributed by atoms with Crippen molar-refractivity contribution in [2.24, 2.45) is 5.41 Å². The Morgan fingerprint density at radius 2 is 1.85 bits per heavy atom. The number of amides is 1. The zero-order valence-corrected chi connectivity index (χ0v) is 13.4. The minimum atomic E-state index is 0.0814. The number of hydrogen-bond acceptors (Lipinski definition) is 3. The van der Waals surface area contributed by atoms with E-state index in [1.165, 1.54) is 6.42 Å². The molecule has 0 aromatic carbocycles. The maximum Gasteiger partial charge on any atom is 0.223 e. The van der Waals surface area contributed by atoms with Crippen molar-refractivity contribution in [3.05, 3.63) is 0 Å². The summed E-state index contributed by atoms with van der Waals surface area (Å²) in [6, 6.07) is 0.414. The minimum Gasteiger partial charge on any atom is -0.379 e. The first-order valence-electron chi connectivity index (χ1n) is 8.05. The van der Waals surface area contributed by atoms with Crippen molar-refractivity contribution in [3.8, 4) is 0 Å². The zero-order chi connectivity index (χ0) is 14.6. The van der Waals surface area contributed by atoms with Gasteiger partial charge in [-0.15, -0.1) is 0 Å². The Bertz CT molecular complexity index is 319. The maximum atomic E-state index is 12.5. The quantitative estimate of drug-likeness (QED) is 0.795. The second kappa shape index (κ2) is 6.90. The average molecular weight is 282 g/mol. The van der Waals surface area contributed by atoms with Crippen LogP contribution in [0.3, 0.4) is 0 Å². The van der Waals surface area contributed by atoms with E-state index in [1.54, 1.807) is 0 Å². The first-order chi connectivity index (χ1) is 9.46. The summed E-state index contributed by atoms with van der Waals surface area (Å²) in [7, 11) is 0. The van der Waals surface area contributed by atoms with Crippen LogP contribution in [0.15, 0.2) is 0 Å². The average Bonchev–Trinajstić information content (AvgIpc) is 2.38. The molecule has 0 radical (unpaired) electrons. The van der Waals surface area contributed by atoms with E-state index in [1.807, 2.05) is 0 Å². The van der Waals surface area contributed by atoms with Gasteiger partial charge in [-0.2, -0.15) is 0 Å². The maximum absolute atomic E-state index is 12.5. The molecule has 2 aliphatic heterocycles. The Morgan fingerprint density at radius 3 is 2.50 bits per heavy atom. The van der Waals surface area contributed by atoms with Gasteiger partial charge < -0.3 is 9.64 Å². The van der Waals surface area contributed by atoms with Crippen LogP contribution >= 0.6 is 0 Å². The van der Waals surface area contributed by atoms with Crippen LogP contribution in [0.1, 0.15) is 46.5 Å². The Kier molecular flexibility index (Phi) is 5.44. The lowest BCUT2D eigenvalue weighted by atomic mass is 9.90. The minimum absolute atomic E-state index is 0.0814. The van der Waals surface area contributed by atoms with E-state index < -0.39 is 0 Å². The van der Waals surface area contributed by atoms with Gasteiger partial charge in [-0.3, -0.25) is 9.69 Å². The Labute approximate surface area is 123 Å². The lowest BCUT2D eigenvalue weighted by Gasteiger charge is -2.40. The molecule has 2 aliphatic rings. The highest BCUT2D eigenvalue weighted by Crippen LogP contribution is 2.24. The molecule has 4 nitrogen and oxygen atoms in total. The number of ether oxygens (including phenoxy) is 1. The molecule has 2 saturated heterocycles. The Morgan fingerprint density at radius 1 is 1.15 bits per heavy atom. The number of likely N-dealkylation sites (tertiary alicyclic amines) is 1. The summed E-state index contributed by atoms with van der Waals surface area (Å²) in [5.74, 6) is 0.343. The predicted molar refractivity (Wildman–Crippen MR) is 80.7 cm³/mol. The fourth-order valence-electron chi connectivity index (χ4n) is 3.16. The molecule has 4 heteroatoms. The summed E-state index contributed by atoms with van der Waals surface area (Å²) >= 11 is 0. The third kappa shape index (κ3) is 4.74. The predicted octanol–water partition coefficient (Wildman–Crippen LogP) is 2.14. The highest BCUT2D eigenvalue weighted by molar-refractivity contribution is 5.77. The Balaban J connectivity index is 1.92. The van der Waals surface area contributed by atoms with Crippen LogP contribution in [0.2, 0.25) is 0 Å². The van der Waals surface area contributed by atoms with Crippen molar-refractivity contribution in [1.82, 2.24) is 9.80 Å². The van der Waals surface area contributed by atoms with Gasteiger partial charge in [-0.05, 0) is 24.7 Å². The van der Waals surface area contributed by atoms with Crippen molar-refractivity contribution in [2.45, 2.75) is 52.5 Å². The Hall–Kier alpha value is -0.610. The molecule has 0 saturated carbocycles. The first-order valence-corrected chi connectivity index (χ1v) is 8.05. The molecular weight excluding hydrogens is 252 g/mol. The first kappa shape index (κ1) is 15.8. The number of hydrogen-bond donors (Lipinski definition) is 0. The molecule has 0 unspecified atom stereocenters. The second-order valence-electron chi connectivity index (χ2n) is 7.39. The molecule has 0 aromatic heterocycles. The molecule has 2 rings (SSSR count). The number of nitrogens with zero attached hydrogens (tertiary/aromatic N) is 2. The van der Waals surface area contributed by atoms with Crippen molar-refractivity contribution in [3.63, 3.8) is 0 Å². The fraction of sp³-hybridized carbons (Fsp3) is 0.938. The van der Waals surface area contributed by atoms with Gasteiger partial charge in [0, 0.05) is 38.6 Å². The molecule has 2 fully saturated rings. The molecular formula is C16H30N2O2. The van der Waals surface area contributed by atoms with E-state index in [0.29, 0.717) is 18.4 Å². The molecule has 20 heavy (non-hydrogen) atoms. The third-order valence-corrected chi connectivity index (χ3v) is 4.20.